The molecule has 0 radical (unpaired) electrons. The number of aryl methyl sites for hydroxylation is 1. The van der Waals surface area contributed by atoms with Crippen molar-refractivity contribution in [1.29, 1.82) is 0 Å². The minimum atomic E-state index is 0.226. The van der Waals surface area contributed by atoms with E-state index in [1.165, 1.54) is 5.56 Å². The van der Waals surface area contributed by atoms with Crippen LogP contribution >= 0.6 is 0 Å². The third-order valence-corrected chi connectivity index (χ3v) is 3.55. The van der Waals surface area contributed by atoms with E-state index in [4.69, 9.17) is 5.73 Å². The van der Waals surface area contributed by atoms with Gasteiger partial charge in [-0.15, -0.1) is 0 Å². The Balaban J connectivity index is 1.82. The predicted molar refractivity (Wildman–Crippen MR) is 67.6 cm³/mol. The van der Waals surface area contributed by atoms with E-state index in [0.717, 1.165) is 25.5 Å². The van der Waals surface area contributed by atoms with Gasteiger partial charge < -0.3 is 10.3 Å². The van der Waals surface area contributed by atoms with Crippen LogP contribution in [0.2, 0.25) is 0 Å². The fourth-order valence-electron chi connectivity index (χ4n) is 2.57. The molecule has 2 N–H and O–H groups in total. The molecule has 1 atom stereocenters. The Morgan fingerprint density at radius 3 is 3.06 bits per heavy atom. The Morgan fingerprint density at radius 1 is 1.44 bits per heavy atom. The maximum Gasteiger partial charge on any atom is 0.122 e. The molecule has 18 heavy (non-hydrogen) atoms. The zero-order valence-electron chi connectivity index (χ0n) is 10.5. The molecule has 6 nitrogen and oxygen atoms in total. The highest BCUT2D eigenvalue weighted by molar-refractivity contribution is 5.12. The molecule has 0 fully saturated rings. The second kappa shape index (κ2) is 4.55. The molecule has 6 heteroatoms. The van der Waals surface area contributed by atoms with Gasteiger partial charge >= 0.3 is 0 Å². The van der Waals surface area contributed by atoms with Crippen molar-refractivity contribution in [2.75, 3.05) is 13.1 Å². The average Bonchev–Trinajstić information content (AvgIpc) is 2.99. The second-order valence-corrected chi connectivity index (χ2v) is 4.71. The largest absolute Gasteiger partial charge is 0.333 e. The number of rotatable bonds is 3. The molecule has 0 saturated heterocycles. The summed E-state index contributed by atoms with van der Waals surface area (Å²) in [6.07, 6.45) is 7.84. The van der Waals surface area contributed by atoms with E-state index < -0.39 is 0 Å². The third kappa shape index (κ3) is 1.93. The summed E-state index contributed by atoms with van der Waals surface area (Å²) in [5.74, 6) is 1.11. The van der Waals surface area contributed by atoms with E-state index in [-0.39, 0.29) is 6.04 Å². The van der Waals surface area contributed by atoms with Gasteiger partial charge in [-0.25, -0.2) is 4.98 Å². The Bertz CT molecular complexity index is 528. The van der Waals surface area contributed by atoms with Crippen molar-refractivity contribution < 1.29 is 0 Å². The molecule has 2 aromatic rings. The first-order chi connectivity index (χ1) is 8.78. The number of hydrogen-bond donors (Lipinski definition) is 1. The van der Waals surface area contributed by atoms with Crippen LogP contribution in [-0.4, -0.2) is 37.3 Å². The van der Waals surface area contributed by atoms with Crippen LogP contribution in [0, 0.1) is 0 Å². The van der Waals surface area contributed by atoms with E-state index in [1.807, 2.05) is 36.5 Å². The van der Waals surface area contributed by atoms with Crippen molar-refractivity contribution in [1.82, 2.24) is 24.2 Å². The molecule has 1 aliphatic heterocycles. The van der Waals surface area contributed by atoms with E-state index >= 15 is 0 Å². The first kappa shape index (κ1) is 11.4. The van der Waals surface area contributed by atoms with Crippen LogP contribution in [0.4, 0.5) is 0 Å². The number of nitrogens with two attached hydrogens (primary N) is 1. The van der Waals surface area contributed by atoms with Crippen LogP contribution in [0.5, 0.6) is 0 Å². The summed E-state index contributed by atoms with van der Waals surface area (Å²) < 4.78 is 4.02. The van der Waals surface area contributed by atoms with Crippen LogP contribution < -0.4 is 5.73 Å². The van der Waals surface area contributed by atoms with Crippen molar-refractivity contribution in [2.24, 2.45) is 12.8 Å². The van der Waals surface area contributed by atoms with Gasteiger partial charge in [0.15, 0.2) is 0 Å². The zero-order valence-corrected chi connectivity index (χ0v) is 10.5. The van der Waals surface area contributed by atoms with Gasteiger partial charge in [0.05, 0.1) is 18.8 Å². The maximum atomic E-state index is 5.93. The van der Waals surface area contributed by atoms with Gasteiger partial charge in [-0.2, -0.15) is 5.10 Å². The lowest BCUT2D eigenvalue weighted by Gasteiger charge is -2.33. The molecule has 3 heterocycles. The summed E-state index contributed by atoms with van der Waals surface area (Å²) in [4.78, 5) is 6.76. The molecule has 0 amide bonds. The Hall–Kier alpha value is -1.66. The monoisotopic (exact) mass is 246 g/mol. The smallest absolute Gasteiger partial charge is 0.122 e. The van der Waals surface area contributed by atoms with E-state index in [1.54, 1.807) is 0 Å². The summed E-state index contributed by atoms with van der Waals surface area (Å²) in [7, 11) is 1.93. The van der Waals surface area contributed by atoms with Gasteiger partial charge in [0.1, 0.15) is 5.82 Å². The molecule has 96 valence electrons. The minimum Gasteiger partial charge on any atom is -0.333 e. The van der Waals surface area contributed by atoms with Gasteiger partial charge in [0, 0.05) is 50.8 Å². The van der Waals surface area contributed by atoms with Gasteiger partial charge in [-0.3, -0.25) is 9.58 Å². The zero-order chi connectivity index (χ0) is 12.5. The normalized spacial score (nSPS) is 17.7. The topological polar surface area (TPSA) is 64.9 Å². The number of nitrogens with zero attached hydrogens (tertiary/aromatic N) is 5. The van der Waals surface area contributed by atoms with Crippen molar-refractivity contribution >= 4 is 0 Å². The molecule has 0 aromatic carbocycles. The summed E-state index contributed by atoms with van der Waals surface area (Å²) in [6, 6.07) is 0.226. The lowest BCUT2D eigenvalue weighted by atomic mass is 10.1. The summed E-state index contributed by atoms with van der Waals surface area (Å²) in [5, 5.41) is 4.23. The summed E-state index contributed by atoms with van der Waals surface area (Å²) in [6.45, 7) is 3.43. The molecule has 0 aliphatic carbocycles. The van der Waals surface area contributed by atoms with Crippen LogP contribution in [0.3, 0.4) is 0 Å². The molecule has 0 saturated carbocycles. The van der Waals surface area contributed by atoms with Crippen molar-refractivity contribution in [2.45, 2.75) is 19.1 Å². The second-order valence-electron chi connectivity index (χ2n) is 4.71. The van der Waals surface area contributed by atoms with E-state index in [9.17, 15) is 0 Å². The summed E-state index contributed by atoms with van der Waals surface area (Å²) >= 11 is 0. The average molecular weight is 246 g/mol. The number of aromatic nitrogens is 4. The van der Waals surface area contributed by atoms with Crippen LogP contribution in [-0.2, 0) is 20.1 Å². The third-order valence-electron chi connectivity index (χ3n) is 3.55. The predicted octanol–water partition coefficient (Wildman–Crippen LogP) is 0.132. The molecule has 1 unspecified atom stereocenters. The SMILES string of the molecule is Cn1cc(C(CN)N2CCn3ccnc3C2)cn1. The van der Waals surface area contributed by atoms with Gasteiger partial charge in [0.2, 0.25) is 0 Å². The lowest BCUT2D eigenvalue weighted by Crippen LogP contribution is -2.39. The Morgan fingerprint density at radius 2 is 2.33 bits per heavy atom. The van der Waals surface area contributed by atoms with Gasteiger partial charge in [-0.1, -0.05) is 0 Å². The fraction of sp³-hybridized carbons (Fsp3) is 0.500. The van der Waals surface area contributed by atoms with Gasteiger partial charge in [-0.05, 0) is 0 Å². The molecule has 0 bridgehead atoms. The van der Waals surface area contributed by atoms with Crippen molar-refractivity contribution in [3.8, 4) is 0 Å². The fourth-order valence-corrected chi connectivity index (χ4v) is 2.57. The number of fused-ring (bicyclic) bond motifs is 1. The molecule has 2 aromatic heterocycles. The highest BCUT2D eigenvalue weighted by atomic mass is 15.3. The van der Waals surface area contributed by atoms with Crippen LogP contribution in [0.25, 0.3) is 0 Å². The molecule has 3 rings (SSSR count). The van der Waals surface area contributed by atoms with E-state index in [0.29, 0.717) is 6.54 Å². The summed E-state index contributed by atoms with van der Waals surface area (Å²) in [5.41, 5.74) is 7.11. The van der Waals surface area contributed by atoms with Crippen molar-refractivity contribution in [3.63, 3.8) is 0 Å². The lowest BCUT2D eigenvalue weighted by molar-refractivity contribution is 0.156. The highest BCUT2D eigenvalue weighted by Gasteiger charge is 2.25. The van der Waals surface area contributed by atoms with Crippen molar-refractivity contribution in [3.05, 3.63) is 36.2 Å². The molecular formula is C12H18N6. The standard InChI is InChI=1S/C12H18N6/c1-16-8-10(7-15-16)11(6-13)18-5-4-17-3-2-14-12(17)9-18/h2-3,7-8,11H,4-6,9,13H2,1H3. The number of hydrogen-bond acceptors (Lipinski definition) is 4. The molecule has 0 spiro atoms. The minimum absolute atomic E-state index is 0.226. The number of imidazole rings is 1. The molecule has 1 aliphatic rings. The van der Waals surface area contributed by atoms with Gasteiger partial charge in [0.25, 0.3) is 0 Å². The van der Waals surface area contributed by atoms with E-state index in [2.05, 4.69) is 19.5 Å². The Kier molecular flexibility index (Phi) is 2.89. The maximum absolute atomic E-state index is 5.93. The Labute approximate surface area is 106 Å². The quantitative estimate of drug-likeness (QED) is 0.836. The molecular weight excluding hydrogens is 228 g/mol. The first-order valence-electron chi connectivity index (χ1n) is 6.20. The van der Waals surface area contributed by atoms with Crippen LogP contribution in [0.1, 0.15) is 17.4 Å². The van der Waals surface area contributed by atoms with Crippen LogP contribution in [0.15, 0.2) is 24.8 Å². The first-order valence-corrected chi connectivity index (χ1v) is 6.20. The highest BCUT2D eigenvalue weighted by Crippen LogP contribution is 2.23.